The average molecular weight is 493 g/mol. The summed E-state index contributed by atoms with van der Waals surface area (Å²) in [5.74, 6) is -0.373. The third-order valence-corrected chi connectivity index (χ3v) is 7.78. The van der Waals surface area contributed by atoms with Crippen molar-refractivity contribution in [3.05, 3.63) is 63.9 Å². The summed E-state index contributed by atoms with van der Waals surface area (Å²) in [5.41, 5.74) is 0.269. The predicted octanol–water partition coefficient (Wildman–Crippen LogP) is 5.28. The molecule has 2 N–H and O–H groups in total. The normalized spacial score (nSPS) is 26.0. The van der Waals surface area contributed by atoms with Gasteiger partial charge in [-0.1, -0.05) is 42.3 Å². The van der Waals surface area contributed by atoms with Gasteiger partial charge in [-0.15, -0.1) is 0 Å². The van der Waals surface area contributed by atoms with E-state index < -0.39 is 11.2 Å². The van der Waals surface area contributed by atoms with E-state index in [1.807, 2.05) is 24.3 Å². The van der Waals surface area contributed by atoms with Crippen molar-refractivity contribution in [2.75, 3.05) is 6.61 Å². The van der Waals surface area contributed by atoms with Gasteiger partial charge >= 0.3 is 0 Å². The summed E-state index contributed by atoms with van der Waals surface area (Å²) in [7, 11) is 0. The van der Waals surface area contributed by atoms with Gasteiger partial charge in [0.2, 0.25) is 5.91 Å². The SMILES string of the molecule is CC1CC2(NC(=O)COc3ccc(Cl)c(F)c3)CCC1(C(=O)NCc1ccc(Cl)cc1)CC2. The van der Waals surface area contributed by atoms with Crippen LogP contribution in [0.15, 0.2) is 42.5 Å². The zero-order valence-electron chi connectivity index (χ0n) is 18.4. The van der Waals surface area contributed by atoms with Crippen LogP contribution < -0.4 is 15.4 Å². The highest BCUT2D eigenvalue weighted by Gasteiger charge is 2.56. The van der Waals surface area contributed by atoms with E-state index >= 15 is 0 Å². The second-order valence-electron chi connectivity index (χ2n) is 9.26. The van der Waals surface area contributed by atoms with Crippen LogP contribution in [0.1, 0.15) is 44.6 Å². The van der Waals surface area contributed by atoms with Gasteiger partial charge in [-0.05, 0) is 67.9 Å². The molecule has 3 aliphatic carbocycles. The van der Waals surface area contributed by atoms with Gasteiger partial charge in [-0.25, -0.2) is 4.39 Å². The Morgan fingerprint density at radius 2 is 1.79 bits per heavy atom. The van der Waals surface area contributed by atoms with Crippen molar-refractivity contribution in [2.24, 2.45) is 11.3 Å². The van der Waals surface area contributed by atoms with E-state index in [0.717, 1.165) is 43.7 Å². The maximum Gasteiger partial charge on any atom is 0.258 e. The van der Waals surface area contributed by atoms with Gasteiger partial charge in [0.15, 0.2) is 6.61 Å². The van der Waals surface area contributed by atoms with Gasteiger partial charge < -0.3 is 15.4 Å². The van der Waals surface area contributed by atoms with Crippen LogP contribution in [-0.2, 0) is 16.1 Å². The molecule has 0 radical (unpaired) electrons. The molecule has 3 fully saturated rings. The van der Waals surface area contributed by atoms with E-state index in [1.165, 1.54) is 12.1 Å². The fraction of sp³-hybridized carbons (Fsp3) is 0.440. The van der Waals surface area contributed by atoms with Crippen LogP contribution in [0.2, 0.25) is 10.0 Å². The zero-order chi connectivity index (χ0) is 23.6. The number of hydrogen-bond acceptors (Lipinski definition) is 3. The second kappa shape index (κ2) is 9.51. The van der Waals surface area contributed by atoms with Gasteiger partial charge in [0.05, 0.1) is 10.4 Å². The van der Waals surface area contributed by atoms with Crippen molar-refractivity contribution in [1.29, 1.82) is 0 Å². The van der Waals surface area contributed by atoms with Crippen molar-refractivity contribution in [3.8, 4) is 5.75 Å². The Balaban J connectivity index is 1.31. The summed E-state index contributed by atoms with van der Waals surface area (Å²) in [4.78, 5) is 25.8. The molecule has 2 aromatic carbocycles. The van der Waals surface area contributed by atoms with Crippen LogP contribution in [-0.4, -0.2) is 24.0 Å². The van der Waals surface area contributed by atoms with E-state index in [9.17, 15) is 14.0 Å². The number of fused-ring (bicyclic) bond motifs is 3. The first-order valence-electron chi connectivity index (χ1n) is 11.1. The van der Waals surface area contributed by atoms with E-state index in [1.54, 1.807) is 0 Å². The Hall–Kier alpha value is -2.31. The first-order chi connectivity index (χ1) is 15.7. The Labute approximate surface area is 203 Å². The molecule has 0 spiro atoms. The van der Waals surface area contributed by atoms with Crippen molar-refractivity contribution in [2.45, 2.75) is 51.1 Å². The van der Waals surface area contributed by atoms with Gasteiger partial charge in [0, 0.05) is 23.2 Å². The first-order valence-corrected chi connectivity index (χ1v) is 11.9. The molecule has 1 atom stereocenters. The van der Waals surface area contributed by atoms with Crippen molar-refractivity contribution in [1.82, 2.24) is 10.6 Å². The molecule has 3 saturated carbocycles. The van der Waals surface area contributed by atoms with Crippen LogP contribution in [0.4, 0.5) is 4.39 Å². The van der Waals surface area contributed by atoms with Crippen LogP contribution in [0, 0.1) is 17.2 Å². The summed E-state index contributed by atoms with van der Waals surface area (Å²) in [5, 5.41) is 6.92. The molecule has 0 heterocycles. The number of halogens is 3. The largest absolute Gasteiger partial charge is 0.484 e. The van der Waals surface area contributed by atoms with Crippen LogP contribution >= 0.6 is 23.2 Å². The molecule has 5 rings (SSSR count). The number of rotatable bonds is 7. The number of carbonyl (C=O) groups is 2. The highest BCUT2D eigenvalue weighted by Crippen LogP contribution is 2.55. The smallest absolute Gasteiger partial charge is 0.258 e. The summed E-state index contributed by atoms with van der Waals surface area (Å²) in [6, 6.07) is 11.5. The molecule has 33 heavy (non-hydrogen) atoms. The van der Waals surface area contributed by atoms with Crippen LogP contribution in [0.5, 0.6) is 5.75 Å². The molecule has 0 saturated heterocycles. The van der Waals surface area contributed by atoms with Gasteiger partial charge in [-0.3, -0.25) is 9.59 Å². The quantitative estimate of drug-likeness (QED) is 0.552. The minimum Gasteiger partial charge on any atom is -0.484 e. The third-order valence-electron chi connectivity index (χ3n) is 7.22. The fourth-order valence-electron chi connectivity index (χ4n) is 5.29. The van der Waals surface area contributed by atoms with Gasteiger partial charge in [-0.2, -0.15) is 0 Å². The number of ether oxygens (including phenoxy) is 1. The average Bonchev–Trinajstić information content (AvgIpc) is 2.80. The molecule has 2 bridgehead atoms. The Kier molecular flexibility index (Phi) is 6.87. The van der Waals surface area contributed by atoms with E-state index in [4.69, 9.17) is 27.9 Å². The lowest BCUT2D eigenvalue weighted by Gasteiger charge is -2.56. The summed E-state index contributed by atoms with van der Waals surface area (Å²) in [6.45, 7) is 2.35. The summed E-state index contributed by atoms with van der Waals surface area (Å²) < 4.78 is 19.0. The molecule has 176 valence electrons. The lowest BCUT2D eigenvalue weighted by Crippen LogP contribution is -2.63. The summed E-state index contributed by atoms with van der Waals surface area (Å²) in [6.07, 6.45) is 3.68. The molecular weight excluding hydrogens is 466 g/mol. The first kappa shape index (κ1) is 23.8. The third kappa shape index (κ3) is 5.12. The van der Waals surface area contributed by atoms with Gasteiger partial charge in [0.25, 0.3) is 5.91 Å². The molecule has 5 nitrogen and oxygen atoms in total. The predicted molar refractivity (Wildman–Crippen MR) is 126 cm³/mol. The fourth-order valence-corrected chi connectivity index (χ4v) is 5.53. The lowest BCUT2D eigenvalue weighted by molar-refractivity contribution is -0.146. The van der Waals surface area contributed by atoms with E-state index in [0.29, 0.717) is 11.6 Å². The Morgan fingerprint density at radius 3 is 2.42 bits per heavy atom. The van der Waals surface area contributed by atoms with Crippen LogP contribution in [0.3, 0.4) is 0 Å². The number of carbonyl (C=O) groups excluding carboxylic acids is 2. The molecule has 0 aliphatic heterocycles. The van der Waals surface area contributed by atoms with E-state index in [-0.39, 0.29) is 40.7 Å². The van der Waals surface area contributed by atoms with Crippen molar-refractivity contribution >= 4 is 35.0 Å². The molecule has 2 amide bonds. The molecule has 1 unspecified atom stereocenters. The topological polar surface area (TPSA) is 67.4 Å². The second-order valence-corrected chi connectivity index (χ2v) is 10.1. The number of amides is 2. The highest BCUT2D eigenvalue weighted by molar-refractivity contribution is 6.30. The highest BCUT2D eigenvalue weighted by atomic mass is 35.5. The standard InChI is InChI=1S/C25H27Cl2FN2O3/c1-16-13-24(30-22(31)15-33-19-6-7-20(27)21(28)12-19)8-10-25(16,11-9-24)23(32)29-14-17-2-4-18(26)5-3-17/h2-7,12,16H,8-11,13-15H2,1H3,(H,29,32)(H,30,31). The molecule has 8 heteroatoms. The van der Waals surface area contributed by atoms with Gasteiger partial charge in [0.1, 0.15) is 11.6 Å². The number of benzene rings is 2. The summed E-state index contributed by atoms with van der Waals surface area (Å²) >= 11 is 11.6. The van der Waals surface area contributed by atoms with Crippen LogP contribution in [0.25, 0.3) is 0 Å². The molecule has 0 aromatic heterocycles. The van der Waals surface area contributed by atoms with Crippen molar-refractivity contribution in [3.63, 3.8) is 0 Å². The Bertz CT molecular complexity index is 1040. The minimum atomic E-state index is -0.591. The van der Waals surface area contributed by atoms with E-state index in [2.05, 4.69) is 17.6 Å². The molecule has 3 aliphatic rings. The minimum absolute atomic E-state index is 0.00442. The zero-order valence-corrected chi connectivity index (χ0v) is 19.9. The number of nitrogens with one attached hydrogen (secondary N) is 2. The maximum atomic E-state index is 13.6. The monoisotopic (exact) mass is 492 g/mol. The number of hydrogen-bond donors (Lipinski definition) is 2. The Morgan fingerprint density at radius 1 is 1.09 bits per heavy atom. The van der Waals surface area contributed by atoms with Crippen molar-refractivity contribution < 1.29 is 18.7 Å². The molecule has 2 aromatic rings. The maximum absolute atomic E-state index is 13.6. The lowest BCUT2D eigenvalue weighted by atomic mass is 9.52. The molecular formula is C25H27Cl2FN2O3.